The lowest BCUT2D eigenvalue weighted by molar-refractivity contribution is 0.249. The summed E-state index contributed by atoms with van der Waals surface area (Å²) in [5.74, 6) is -0.874. The van der Waals surface area contributed by atoms with Crippen molar-refractivity contribution in [1.82, 2.24) is 10.2 Å². The van der Waals surface area contributed by atoms with Crippen LogP contribution in [0, 0.1) is 5.82 Å². The van der Waals surface area contributed by atoms with E-state index in [0.29, 0.717) is 39.8 Å². The molecule has 0 aliphatic carbocycles. The second-order valence-corrected chi connectivity index (χ2v) is 11.7. The maximum atomic E-state index is 15.1. The summed E-state index contributed by atoms with van der Waals surface area (Å²) < 4.78 is 41.0. The van der Waals surface area contributed by atoms with E-state index < -0.39 is 33.5 Å². The SMILES string of the molecule is CC(NC(=O)Nc1ccc(S(=O)(=O)Cc2ccc3c(c2F)CCN(C)C3)cc1)c1cccc(Cl)c1Cl. The molecule has 1 atom stereocenters. The second-order valence-electron chi connectivity index (χ2n) is 8.91. The van der Waals surface area contributed by atoms with Gasteiger partial charge in [-0.1, -0.05) is 47.5 Å². The lowest BCUT2D eigenvalue weighted by atomic mass is 9.97. The van der Waals surface area contributed by atoms with Crippen LogP contribution in [0.4, 0.5) is 14.9 Å². The van der Waals surface area contributed by atoms with E-state index in [4.69, 9.17) is 23.2 Å². The number of nitrogens with one attached hydrogen (secondary N) is 2. The molecule has 0 aromatic heterocycles. The molecule has 0 saturated heterocycles. The minimum Gasteiger partial charge on any atom is -0.331 e. The van der Waals surface area contributed by atoms with Crippen LogP contribution in [0.5, 0.6) is 0 Å². The van der Waals surface area contributed by atoms with Gasteiger partial charge in [0.2, 0.25) is 0 Å². The molecule has 0 spiro atoms. The van der Waals surface area contributed by atoms with E-state index in [-0.39, 0.29) is 10.5 Å². The van der Waals surface area contributed by atoms with Crippen LogP contribution in [0.15, 0.2) is 59.5 Å². The molecule has 1 unspecified atom stereocenters. The third-order valence-electron chi connectivity index (χ3n) is 6.22. The van der Waals surface area contributed by atoms with E-state index in [1.54, 1.807) is 31.2 Å². The van der Waals surface area contributed by atoms with E-state index in [1.165, 1.54) is 24.3 Å². The van der Waals surface area contributed by atoms with Gasteiger partial charge in [0.15, 0.2) is 9.84 Å². The van der Waals surface area contributed by atoms with Crippen LogP contribution in [0.25, 0.3) is 0 Å². The Bertz CT molecular complexity index is 1400. The summed E-state index contributed by atoms with van der Waals surface area (Å²) in [4.78, 5) is 14.6. The zero-order valence-corrected chi connectivity index (χ0v) is 22.1. The smallest absolute Gasteiger partial charge is 0.319 e. The molecule has 0 saturated carbocycles. The highest BCUT2D eigenvalue weighted by atomic mass is 35.5. The highest BCUT2D eigenvalue weighted by Gasteiger charge is 2.23. The number of fused-ring (bicyclic) bond motifs is 1. The van der Waals surface area contributed by atoms with Gasteiger partial charge in [-0.2, -0.15) is 0 Å². The molecule has 3 aromatic carbocycles. The fourth-order valence-corrected chi connectivity index (χ4v) is 6.06. The fourth-order valence-electron chi connectivity index (χ4n) is 4.24. The highest BCUT2D eigenvalue weighted by Crippen LogP contribution is 2.30. The number of hydrogen-bond donors (Lipinski definition) is 2. The first-order valence-electron chi connectivity index (χ1n) is 11.4. The monoisotopic (exact) mass is 549 g/mol. The zero-order chi connectivity index (χ0) is 26.0. The molecule has 190 valence electrons. The molecule has 10 heteroatoms. The number of hydrogen-bond acceptors (Lipinski definition) is 4. The van der Waals surface area contributed by atoms with Crippen molar-refractivity contribution in [3.8, 4) is 0 Å². The first-order valence-corrected chi connectivity index (χ1v) is 13.8. The van der Waals surface area contributed by atoms with Crippen molar-refractivity contribution >= 4 is 44.8 Å². The van der Waals surface area contributed by atoms with E-state index in [2.05, 4.69) is 15.5 Å². The molecular formula is C26H26Cl2FN3O3S. The maximum absolute atomic E-state index is 15.1. The number of urea groups is 1. The topological polar surface area (TPSA) is 78.5 Å². The van der Waals surface area contributed by atoms with Crippen molar-refractivity contribution < 1.29 is 17.6 Å². The quantitative estimate of drug-likeness (QED) is 0.396. The van der Waals surface area contributed by atoms with Crippen LogP contribution < -0.4 is 10.6 Å². The summed E-state index contributed by atoms with van der Waals surface area (Å²) >= 11 is 12.3. The number of likely N-dealkylation sites (N-methyl/N-ethyl adjacent to an activating group) is 1. The first-order chi connectivity index (χ1) is 17.0. The standard InChI is InChI=1S/C26H26Cl2FN3O3S/c1-16(21-4-3-5-23(27)24(21)28)30-26(33)31-19-8-10-20(11-9-19)36(34,35)15-18-7-6-17-14-32(2)13-12-22(17)25(18)29/h3-11,16H,12-15H2,1-2H3,(H2,30,31,33). The van der Waals surface area contributed by atoms with Crippen LogP contribution in [0.3, 0.4) is 0 Å². The summed E-state index contributed by atoms with van der Waals surface area (Å²) in [6.45, 7) is 3.14. The molecule has 1 aliphatic heterocycles. The molecule has 0 bridgehead atoms. The van der Waals surface area contributed by atoms with E-state index in [9.17, 15) is 13.2 Å². The first kappa shape index (κ1) is 26.4. The Morgan fingerprint density at radius 2 is 1.83 bits per heavy atom. The number of benzene rings is 3. The van der Waals surface area contributed by atoms with Gasteiger partial charge < -0.3 is 15.5 Å². The van der Waals surface area contributed by atoms with Crippen molar-refractivity contribution in [2.24, 2.45) is 0 Å². The van der Waals surface area contributed by atoms with Gasteiger partial charge in [-0.25, -0.2) is 17.6 Å². The van der Waals surface area contributed by atoms with Crippen LogP contribution >= 0.6 is 23.2 Å². The number of sulfone groups is 1. The molecule has 3 aromatic rings. The predicted octanol–water partition coefficient (Wildman–Crippen LogP) is 5.98. The Labute approximate surface area is 220 Å². The van der Waals surface area contributed by atoms with Gasteiger partial charge in [0, 0.05) is 24.3 Å². The number of nitrogens with zero attached hydrogens (tertiary/aromatic N) is 1. The molecule has 2 N–H and O–H groups in total. The van der Waals surface area contributed by atoms with E-state index in [1.807, 2.05) is 13.1 Å². The summed E-state index contributed by atoms with van der Waals surface area (Å²) in [5, 5.41) is 6.19. The summed E-state index contributed by atoms with van der Waals surface area (Å²) in [7, 11) is -1.82. The zero-order valence-electron chi connectivity index (χ0n) is 19.8. The Kier molecular flexibility index (Phi) is 7.90. The van der Waals surface area contributed by atoms with Gasteiger partial charge >= 0.3 is 6.03 Å². The van der Waals surface area contributed by atoms with Crippen molar-refractivity contribution in [3.63, 3.8) is 0 Å². The Balaban J connectivity index is 1.42. The Morgan fingerprint density at radius 3 is 2.56 bits per heavy atom. The van der Waals surface area contributed by atoms with Crippen LogP contribution in [0.1, 0.15) is 35.2 Å². The average molecular weight is 550 g/mol. The molecule has 2 amide bonds. The molecule has 1 heterocycles. The number of halogens is 3. The molecule has 0 fully saturated rings. The van der Waals surface area contributed by atoms with Gasteiger partial charge in [0.1, 0.15) is 5.82 Å². The number of amides is 2. The maximum Gasteiger partial charge on any atom is 0.319 e. The van der Waals surface area contributed by atoms with Crippen LogP contribution in [-0.2, 0) is 28.6 Å². The highest BCUT2D eigenvalue weighted by molar-refractivity contribution is 7.90. The van der Waals surface area contributed by atoms with Gasteiger partial charge in [0.25, 0.3) is 0 Å². The largest absolute Gasteiger partial charge is 0.331 e. The molecule has 1 aliphatic rings. The average Bonchev–Trinajstić information content (AvgIpc) is 2.82. The number of anilines is 1. The van der Waals surface area contributed by atoms with E-state index in [0.717, 1.165) is 12.1 Å². The minimum absolute atomic E-state index is 0.0457. The molecule has 4 rings (SSSR count). The number of carbonyl (C=O) groups excluding carboxylic acids is 1. The number of rotatable bonds is 6. The van der Waals surface area contributed by atoms with Crippen LogP contribution in [-0.4, -0.2) is 32.9 Å². The second kappa shape index (κ2) is 10.8. The normalized spacial score (nSPS) is 14.7. The number of carbonyl (C=O) groups is 1. The molecule has 6 nitrogen and oxygen atoms in total. The fraction of sp³-hybridized carbons (Fsp3) is 0.269. The van der Waals surface area contributed by atoms with Gasteiger partial charge in [0.05, 0.1) is 26.7 Å². The minimum atomic E-state index is -3.79. The van der Waals surface area contributed by atoms with Crippen molar-refractivity contribution in [2.75, 3.05) is 18.9 Å². The molecule has 36 heavy (non-hydrogen) atoms. The van der Waals surface area contributed by atoms with E-state index >= 15 is 4.39 Å². The third-order valence-corrected chi connectivity index (χ3v) is 8.73. The van der Waals surface area contributed by atoms with Crippen molar-refractivity contribution in [3.05, 3.63) is 92.7 Å². The van der Waals surface area contributed by atoms with Crippen molar-refractivity contribution in [2.45, 2.75) is 36.6 Å². The van der Waals surface area contributed by atoms with Gasteiger partial charge in [-0.3, -0.25) is 0 Å². The van der Waals surface area contributed by atoms with Gasteiger partial charge in [-0.15, -0.1) is 0 Å². The Morgan fingerprint density at radius 1 is 1.11 bits per heavy atom. The summed E-state index contributed by atoms with van der Waals surface area (Å²) in [5.41, 5.74) is 2.72. The third kappa shape index (κ3) is 5.83. The lowest BCUT2D eigenvalue weighted by Crippen LogP contribution is -2.31. The van der Waals surface area contributed by atoms with Crippen LogP contribution in [0.2, 0.25) is 10.0 Å². The molecule has 0 radical (unpaired) electrons. The van der Waals surface area contributed by atoms with Gasteiger partial charge in [-0.05, 0) is 67.4 Å². The van der Waals surface area contributed by atoms with Crippen molar-refractivity contribution in [1.29, 1.82) is 0 Å². The lowest BCUT2D eigenvalue weighted by Gasteiger charge is -2.26. The Hall–Kier alpha value is -2.65. The summed E-state index contributed by atoms with van der Waals surface area (Å²) in [6.07, 6.45) is 0.552. The molecular weight excluding hydrogens is 524 g/mol. The summed E-state index contributed by atoms with van der Waals surface area (Å²) in [6, 6.07) is 13.4. The predicted molar refractivity (Wildman–Crippen MR) is 141 cm³/mol.